The molecular weight excluding hydrogens is 224 g/mol. The molecule has 0 aromatic heterocycles. The van der Waals surface area contributed by atoms with E-state index in [1.807, 2.05) is 0 Å². The van der Waals surface area contributed by atoms with Gasteiger partial charge in [-0.05, 0) is 13.8 Å². The van der Waals surface area contributed by atoms with Gasteiger partial charge in [0.25, 0.3) is 5.91 Å². The minimum Gasteiger partial charge on any atom is -0.466 e. The second-order valence-corrected chi connectivity index (χ2v) is 3.82. The van der Waals surface area contributed by atoms with E-state index in [4.69, 9.17) is 11.2 Å². The molecule has 6 heteroatoms. The molecule has 0 aromatic carbocycles. The van der Waals surface area contributed by atoms with E-state index in [1.165, 1.54) is 6.92 Å². The van der Waals surface area contributed by atoms with Gasteiger partial charge in [0.15, 0.2) is 0 Å². The highest BCUT2D eigenvalue weighted by atomic mass is 16.5. The summed E-state index contributed by atoms with van der Waals surface area (Å²) in [6.45, 7) is 3.29. The summed E-state index contributed by atoms with van der Waals surface area (Å²) in [7, 11) is 0. The lowest BCUT2D eigenvalue weighted by molar-refractivity contribution is -0.152. The Morgan fingerprint density at radius 1 is 1.59 bits per heavy atom. The molecule has 0 bridgehead atoms. The van der Waals surface area contributed by atoms with Crippen LogP contribution in [0.2, 0.25) is 0 Å². The summed E-state index contributed by atoms with van der Waals surface area (Å²) in [5.74, 6) is 0.257. The van der Waals surface area contributed by atoms with E-state index in [-0.39, 0.29) is 13.0 Å². The van der Waals surface area contributed by atoms with Crippen molar-refractivity contribution in [3.05, 3.63) is 0 Å². The summed E-state index contributed by atoms with van der Waals surface area (Å²) in [6.07, 6.45) is 5.18. The molecule has 0 spiro atoms. The highest BCUT2D eigenvalue weighted by molar-refractivity contribution is 6.08. The lowest BCUT2D eigenvalue weighted by atomic mass is 9.83. The van der Waals surface area contributed by atoms with Crippen LogP contribution in [0.3, 0.4) is 0 Å². The fourth-order valence-corrected chi connectivity index (χ4v) is 1.69. The minimum atomic E-state index is -1.35. The number of carbonyl (C=O) groups excluding carboxylic acids is 3. The van der Waals surface area contributed by atoms with E-state index in [1.54, 1.807) is 6.92 Å². The van der Waals surface area contributed by atoms with Crippen molar-refractivity contribution in [2.45, 2.75) is 25.8 Å². The number of hydrogen-bond acceptors (Lipinski definition) is 4. The van der Waals surface area contributed by atoms with Crippen molar-refractivity contribution < 1.29 is 19.1 Å². The Kier molecular flexibility index (Phi) is 3.73. The normalized spacial score (nSPS) is 24.5. The zero-order chi connectivity index (χ0) is 13.1. The molecule has 2 atom stereocenters. The third-order valence-electron chi connectivity index (χ3n) is 2.66. The van der Waals surface area contributed by atoms with Crippen molar-refractivity contribution in [3.8, 4) is 12.3 Å². The third-order valence-corrected chi connectivity index (χ3v) is 2.66. The second-order valence-electron chi connectivity index (χ2n) is 3.82. The average molecular weight is 238 g/mol. The first-order valence-corrected chi connectivity index (χ1v) is 5.19. The molecule has 2 unspecified atom stereocenters. The Balaban J connectivity index is 2.98. The maximum absolute atomic E-state index is 11.7. The van der Waals surface area contributed by atoms with Crippen molar-refractivity contribution in [2.75, 3.05) is 6.61 Å². The number of esters is 1. The molecule has 0 aromatic rings. The number of ether oxygens (including phenoxy) is 1. The molecule has 2 N–H and O–H groups in total. The summed E-state index contributed by atoms with van der Waals surface area (Å²) in [4.78, 5) is 34.5. The summed E-state index contributed by atoms with van der Waals surface area (Å²) < 4.78 is 4.85. The van der Waals surface area contributed by atoms with Gasteiger partial charge >= 0.3 is 12.0 Å². The van der Waals surface area contributed by atoms with Crippen LogP contribution in [0.5, 0.6) is 0 Å². The summed E-state index contributed by atoms with van der Waals surface area (Å²) in [6, 6.07) is -0.635. The van der Waals surface area contributed by atoms with Gasteiger partial charge in [-0.15, -0.1) is 12.3 Å². The standard InChI is InChI=1S/C11H14N2O4/c1-4-6-7(8(14)17-5-2)11(3)9(15)12-10(16)13-11/h1,7H,5-6H2,2-3H3,(H2,12,13,15,16). The van der Waals surface area contributed by atoms with Crippen molar-refractivity contribution in [2.24, 2.45) is 5.92 Å². The van der Waals surface area contributed by atoms with Crippen molar-refractivity contribution >= 4 is 17.9 Å². The van der Waals surface area contributed by atoms with Crippen LogP contribution < -0.4 is 10.6 Å². The number of carbonyl (C=O) groups is 3. The molecule has 1 aliphatic heterocycles. The third kappa shape index (κ3) is 2.38. The molecule has 0 saturated carbocycles. The van der Waals surface area contributed by atoms with E-state index in [0.29, 0.717) is 0 Å². The first kappa shape index (κ1) is 13.0. The SMILES string of the molecule is C#CCC(C(=O)OCC)C1(C)NC(=O)NC1=O. The molecule has 92 valence electrons. The van der Waals surface area contributed by atoms with Crippen LogP contribution in [0.15, 0.2) is 0 Å². The number of hydrogen-bond donors (Lipinski definition) is 2. The molecule has 17 heavy (non-hydrogen) atoms. The van der Waals surface area contributed by atoms with E-state index in [9.17, 15) is 14.4 Å². The number of urea groups is 1. The second kappa shape index (κ2) is 4.87. The Bertz CT molecular complexity index is 399. The molecule has 3 amide bonds. The van der Waals surface area contributed by atoms with Gasteiger partial charge in [-0.3, -0.25) is 14.9 Å². The predicted molar refractivity (Wildman–Crippen MR) is 58.7 cm³/mol. The fourth-order valence-electron chi connectivity index (χ4n) is 1.69. The van der Waals surface area contributed by atoms with Gasteiger partial charge < -0.3 is 10.1 Å². The molecule has 1 fully saturated rings. The number of amides is 3. The van der Waals surface area contributed by atoms with Gasteiger partial charge in [0.1, 0.15) is 5.54 Å². The maximum atomic E-state index is 11.7. The first-order chi connectivity index (χ1) is 7.95. The van der Waals surface area contributed by atoms with Gasteiger partial charge in [0, 0.05) is 6.42 Å². The molecule has 0 aliphatic carbocycles. The number of imide groups is 1. The van der Waals surface area contributed by atoms with E-state index in [2.05, 4.69) is 16.6 Å². The van der Waals surface area contributed by atoms with E-state index >= 15 is 0 Å². The molecule has 6 nitrogen and oxygen atoms in total. The van der Waals surface area contributed by atoms with Gasteiger partial charge in [-0.25, -0.2) is 4.79 Å². The van der Waals surface area contributed by atoms with E-state index < -0.39 is 29.4 Å². The molecule has 1 aliphatic rings. The highest BCUT2D eigenvalue weighted by Gasteiger charge is 2.51. The monoisotopic (exact) mass is 238 g/mol. The quantitative estimate of drug-likeness (QED) is 0.403. The number of terminal acetylenes is 1. The van der Waals surface area contributed by atoms with Gasteiger partial charge in [0.2, 0.25) is 0 Å². The molecule has 1 heterocycles. The number of nitrogens with one attached hydrogen (secondary N) is 2. The molecular formula is C11H14N2O4. The summed E-state index contributed by atoms with van der Waals surface area (Å²) in [5.41, 5.74) is -1.35. The topological polar surface area (TPSA) is 84.5 Å². The zero-order valence-electron chi connectivity index (χ0n) is 9.70. The molecule has 1 saturated heterocycles. The van der Waals surface area contributed by atoms with E-state index in [0.717, 1.165) is 0 Å². The predicted octanol–water partition coefficient (Wildman–Crippen LogP) is -0.213. The Hall–Kier alpha value is -2.03. The van der Waals surface area contributed by atoms with Crippen LogP contribution in [0, 0.1) is 18.3 Å². The average Bonchev–Trinajstić information content (AvgIpc) is 2.50. The van der Waals surface area contributed by atoms with Gasteiger partial charge in [-0.1, -0.05) is 0 Å². The summed E-state index contributed by atoms with van der Waals surface area (Å²) >= 11 is 0. The molecule has 1 rings (SSSR count). The Morgan fingerprint density at radius 3 is 2.65 bits per heavy atom. The first-order valence-electron chi connectivity index (χ1n) is 5.19. The summed E-state index contributed by atoms with van der Waals surface area (Å²) in [5, 5.41) is 4.49. The largest absolute Gasteiger partial charge is 0.466 e. The Morgan fingerprint density at radius 2 is 2.24 bits per heavy atom. The van der Waals surface area contributed by atoms with Crippen LogP contribution >= 0.6 is 0 Å². The lowest BCUT2D eigenvalue weighted by Gasteiger charge is -2.27. The zero-order valence-corrected chi connectivity index (χ0v) is 9.70. The lowest BCUT2D eigenvalue weighted by Crippen LogP contribution is -2.53. The maximum Gasteiger partial charge on any atom is 0.322 e. The van der Waals surface area contributed by atoms with Crippen molar-refractivity contribution in [3.63, 3.8) is 0 Å². The Labute approximate surface area is 99.1 Å². The highest BCUT2D eigenvalue weighted by Crippen LogP contribution is 2.25. The van der Waals surface area contributed by atoms with Crippen LogP contribution in [-0.2, 0) is 14.3 Å². The van der Waals surface area contributed by atoms with Crippen molar-refractivity contribution in [1.82, 2.24) is 10.6 Å². The molecule has 0 radical (unpaired) electrons. The minimum absolute atomic E-state index is 0.0169. The van der Waals surface area contributed by atoms with Crippen LogP contribution in [-0.4, -0.2) is 30.1 Å². The van der Waals surface area contributed by atoms with Crippen LogP contribution in [0.4, 0.5) is 4.79 Å². The number of rotatable bonds is 4. The smallest absolute Gasteiger partial charge is 0.322 e. The van der Waals surface area contributed by atoms with Crippen molar-refractivity contribution in [1.29, 1.82) is 0 Å². The fraction of sp³-hybridized carbons (Fsp3) is 0.545. The van der Waals surface area contributed by atoms with Gasteiger partial charge in [-0.2, -0.15) is 0 Å². The van der Waals surface area contributed by atoms with Gasteiger partial charge in [0.05, 0.1) is 12.5 Å². The van der Waals surface area contributed by atoms with Crippen LogP contribution in [0.1, 0.15) is 20.3 Å². The van der Waals surface area contributed by atoms with Crippen LogP contribution in [0.25, 0.3) is 0 Å².